The van der Waals surface area contributed by atoms with Gasteiger partial charge in [0.1, 0.15) is 10.8 Å². The molecule has 0 N–H and O–H groups in total. The van der Waals surface area contributed by atoms with E-state index in [0.717, 1.165) is 17.8 Å². The van der Waals surface area contributed by atoms with E-state index in [2.05, 4.69) is 10.1 Å². The van der Waals surface area contributed by atoms with Gasteiger partial charge in [0.2, 0.25) is 0 Å². The minimum atomic E-state index is -4.50. The first-order valence-electron chi connectivity index (χ1n) is 9.76. The van der Waals surface area contributed by atoms with Crippen LogP contribution in [0.5, 0.6) is 0 Å². The maximum absolute atomic E-state index is 12.8. The Morgan fingerprint density at radius 3 is 2.25 bits per heavy atom. The zero-order valence-electron chi connectivity index (χ0n) is 16.7. The third kappa shape index (κ3) is 4.68. The summed E-state index contributed by atoms with van der Waals surface area (Å²) >= 11 is 12.4. The highest BCUT2D eigenvalue weighted by Gasteiger charge is 2.32. The number of pyridine rings is 1. The molecule has 0 radical (unpaired) electrons. The van der Waals surface area contributed by atoms with E-state index >= 15 is 0 Å². The van der Waals surface area contributed by atoms with Gasteiger partial charge in [0.15, 0.2) is 0 Å². The van der Waals surface area contributed by atoms with Crippen molar-refractivity contribution in [2.75, 3.05) is 36.0 Å². The lowest BCUT2D eigenvalue weighted by Gasteiger charge is -2.37. The second-order valence-electron chi connectivity index (χ2n) is 7.29. The maximum atomic E-state index is 12.8. The molecule has 0 spiro atoms. The van der Waals surface area contributed by atoms with Crippen molar-refractivity contribution in [3.63, 3.8) is 0 Å². The SMILES string of the molecule is O=c1c(Cl)c(N2CCN(c3ncc(C(F)(F)F)cc3Cl)CC2)cnn1Cc1ccccc1. The lowest BCUT2D eigenvalue weighted by atomic mass is 10.2. The molecule has 11 heteroatoms. The van der Waals surface area contributed by atoms with Crippen LogP contribution in [0, 0.1) is 0 Å². The number of hydrogen-bond acceptors (Lipinski definition) is 5. The summed E-state index contributed by atoms with van der Waals surface area (Å²) in [5.41, 5.74) is 0.175. The van der Waals surface area contributed by atoms with Crippen LogP contribution in [0.4, 0.5) is 24.7 Å². The topological polar surface area (TPSA) is 54.3 Å². The molecule has 0 saturated carbocycles. The minimum absolute atomic E-state index is 0.0588. The smallest absolute Gasteiger partial charge is 0.365 e. The van der Waals surface area contributed by atoms with Crippen molar-refractivity contribution >= 4 is 34.7 Å². The van der Waals surface area contributed by atoms with Crippen LogP contribution in [-0.4, -0.2) is 40.9 Å². The summed E-state index contributed by atoms with van der Waals surface area (Å²) in [5.74, 6) is 0.293. The molecule has 1 saturated heterocycles. The number of piperazine rings is 1. The van der Waals surface area contributed by atoms with Gasteiger partial charge in [-0.1, -0.05) is 53.5 Å². The van der Waals surface area contributed by atoms with Gasteiger partial charge in [0.25, 0.3) is 5.56 Å². The van der Waals surface area contributed by atoms with E-state index in [0.29, 0.717) is 44.2 Å². The summed E-state index contributed by atoms with van der Waals surface area (Å²) in [6.45, 7) is 2.15. The number of halogens is 5. The monoisotopic (exact) mass is 483 g/mol. The zero-order chi connectivity index (χ0) is 22.9. The van der Waals surface area contributed by atoms with Crippen LogP contribution >= 0.6 is 23.2 Å². The minimum Gasteiger partial charge on any atom is -0.365 e. The average molecular weight is 484 g/mol. The van der Waals surface area contributed by atoms with E-state index in [4.69, 9.17) is 23.2 Å². The fourth-order valence-corrected chi connectivity index (χ4v) is 4.08. The van der Waals surface area contributed by atoms with Gasteiger partial charge in [0.05, 0.1) is 29.0 Å². The van der Waals surface area contributed by atoms with Crippen molar-refractivity contribution in [2.24, 2.45) is 0 Å². The number of benzene rings is 1. The molecule has 168 valence electrons. The van der Waals surface area contributed by atoms with Crippen molar-refractivity contribution in [2.45, 2.75) is 12.7 Å². The van der Waals surface area contributed by atoms with E-state index < -0.39 is 11.7 Å². The Balaban J connectivity index is 1.46. The molecular formula is C21H18Cl2F3N5O. The Kier molecular flexibility index (Phi) is 6.30. The summed E-state index contributed by atoms with van der Waals surface area (Å²) in [6.07, 6.45) is -2.16. The first kappa shape index (κ1) is 22.4. The molecule has 2 aromatic heterocycles. The van der Waals surface area contributed by atoms with E-state index in [1.54, 1.807) is 11.1 Å². The van der Waals surface area contributed by atoms with Gasteiger partial charge < -0.3 is 9.80 Å². The Morgan fingerprint density at radius 1 is 0.969 bits per heavy atom. The Labute approximate surface area is 191 Å². The molecule has 3 heterocycles. The number of anilines is 2. The van der Waals surface area contributed by atoms with Crippen LogP contribution in [0.1, 0.15) is 11.1 Å². The number of alkyl halides is 3. The lowest BCUT2D eigenvalue weighted by molar-refractivity contribution is -0.137. The molecule has 1 fully saturated rings. The van der Waals surface area contributed by atoms with Crippen molar-refractivity contribution in [1.82, 2.24) is 14.8 Å². The fourth-order valence-electron chi connectivity index (χ4n) is 3.52. The van der Waals surface area contributed by atoms with Gasteiger partial charge in [-0.25, -0.2) is 9.67 Å². The highest BCUT2D eigenvalue weighted by Crippen LogP contribution is 2.34. The third-order valence-corrected chi connectivity index (χ3v) is 5.84. The van der Waals surface area contributed by atoms with E-state index in [-0.39, 0.29) is 15.6 Å². The molecule has 0 atom stereocenters. The van der Waals surface area contributed by atoms with Crippen molar-refractivity contribution in [3.05, 3.63) is 80.3 Å². The Bertz CT molecular complexity index is 1160. The van der Waals surface area contributed by atoms with Crippen molar-refractivity contribution < 1.29 is 13.2 Å². The third-order valence-electron chi connectivity index (χ3n) is 5.21. The first-order chi connectivity index (χ1) is 15.2. The normalized spacial score (nSPS) is 14.7. The molecule has 0 bridgehead atoms. The van der Waals surface area contributed by atoms with Gasteiger partial charge in [-0.3, -0.25) is 4.79 Å². The van der Waals surface area contributed by atoms with Gasteiger partial charge >= 0.3 is 6.18 Å². The molecule has 0 aliphatic carbocycles. The molecule has 4 rings (SSSR count). The largest absolute Gasteiger partial charge is 0.417 e. The van der Waals surface area contributed by atoms with E-state index in [1.807, 2.05) is 35.2 Å². The van der Waals surface area contributed by atoms with Gasteiger partial charge in [0, 0.05) is 32.4 Å². The quantitative estimate of drug-likeness (QED) is 0.552. The van der Waals surface area contributed by atoms with Crippen molar-refractivity contribution in [1.29, 1.82) is 0 Å². The second-order valence-corrected chi connectivity index (χ2v) is 8.08. The second kappa shape index (κ2) is 8.99. The van der Waals surface area contributed by atoms with Gasteiger partial charge in [-0.15, -0.1) is 0 Å². The van der Waals surface area contributed by atoms with Crippen LogP contribution in [0.2, 0.25) is 10.0 Å². The molecule has 1 aromatic carbocycles. The Hall–Kier alpha value is -2.78. The molecule has 1 aliphatic heterocycles. The molecule has 0 amide bonds. The molecule has 32 heavy (non-hydrogen) atoms. The number of aromatic nitrogens is 3. The number of nitrogens with zero attached hydrogens (tertiary/aromatic N) is 5. The lowest BCUT2D eigenvalue weighted by Crippen LogP contribution is -2.47. The van der Waals surface area contributed by atoms with Crippen LogP contribution in [0.25, 0.3) is 0 Å². The summed E-state index contributed by atoms with van der Waals surface area (Å²) in [5, 5.41) is 4.28. The zero-order valence-corrected chi connectivity index (χ0v) is 18.2. The Morgan fingerprint density at radius 2 is 1.62 bits per heavy atom. The van der Waals surface area contributed by atoms with Crippen molar-refractivity contribution in [3.8, 4) is 0 Å². The number of hydrogen-bond donors (Lipinski definition) is 0. The maximum Gasteiger partial charge on any atom is 0.417 e. The molecule has 1 aliphatic rings. The predicted octanol–water partition coefficient (Wildman–Crippen LogP) is 4.34. The summed E-state index contributed by atoms with van der Waals surface area (Å²) in [4.78, 5) is 20.3. The molecule has 0 unspecified atom stereocenters. The first-order valence-corrected chi connectivity index (χ1v) is 10.5. The highest BCUT2D eigenvalue weighted by atomic mass is 35.5. The standard InChI is InChI=1S/C21H18Cl2F3N5O/c22-16-10-15(21(24,25)26)11-27-19(16)30-8-6-29(7-9-30)17-12-28-31(20(32)18(17)23)13-14-4-2-1-3-5-14/h1-5,10-12H,6-9,13H2. The molecule has 3 aromatic rings. The molecular weight excluding hydrogens is 466 g/mol. The number of rotatable bonds is 4. The highest BCUT2D eigenvalue weighted by molar-refractivity contribution is 6.33. The van der Waals surface area contributed by atoms with Crippen LogP contribution in [-0.2, 0) is 12.7 Å². The van der Waals surface area contributed by atoms with Gasteiger partial charge in [-0.2, -0.15) is 18.3 Å². The summed E-state index contributed by atoms with van der Waals surface area (Å²) in [7, 11) is 0. The van der Waals surface area contributed by atoms with Crippen LogP contribution in [0.15, 0.2) is 53.6 Å². The van der Waals surface area contributed by atoms with Gasteiger partial charge in [-0.05, 0) is 11.6 Å². The molecule has 6 nitrogen and oxygen atoms in total. The van der Waals surface area contributed by atoms with Crippen LogP contribution in [0.3, 0.4) is 0 Å². The summed E-state index contributed by atoms with van der Waals surface area (Å²) < 4.78 is 39.8. The van der Waals surface area contributed by atoms with Crippen LogP contribution < -0.4 is 15.4 Å². The summed E-state index contributed by atoms with van der Waals surface area (Å²) in [6, 6.07) is 10.3. The van der Waals surface area contributed by atoms with E-state index in [1.165, 1.54) is 4.68 Å². The fraction of sp³-hybridized carbons (Fsp3) is 0.286. The average Bonchev–Trinajstić information content (AvgIpc) is 2.77. The van der Waals surface area contributed by atoms with E-state index in [9.17, 15) is 18.0 Å². The predicted molar refractivity (Wildman–Crippen MR) is 118 cm³/mol.